The number of hydrogen-bond acceptors (Lipinski definition) is 7. The van der Waals surface area contributed by atoms with Crippen LogP contribution in [-0.4, -0.2) is 53.7 Å². The number of hydrogen-bond donors (Lipinski definition) is 1. The van der Waals surface area contributed by atoms with Gasteiger partial charge in [-0.3, -0.25) is 14.5 Å². The van der Waals surface area contributed by atoms with Crippen LogP contribution in [-0.2, 0) is 16.1 Å². The van der Waals surface area contributed by atoms with Crippen LogP contribution in [0.25, 0.3) is 11.0 Å². The van der Waals surface area contributed by atoms with Crippen LogP contribution in [0.5, 0.6) is 17.2 Å². The Morgan fingerprint density at radius 1 is 0.949 bits per heavy atom. The zero-order chi connectivity index (χ0) is 28.2. The highest BCUT2D eigenvalue weighted by Crippen LogP contribution is 2.40. The number of nitrogens with zero attached hydrogens (tertiary/aromatic N) is 4. The molecular formula is C29H33N5O5. The summed E-state index contributed by atoms with van der Waals surface area (Å²) in [5.41, 5.74) is 1.70. The average molecular weight is 532 g/mol. The van der Waals surface area contributed by atoms with Gasteiger partial charge in [-0.25, -0.2) is 4.68 Å². The average Bonchev–Trinajstić information content (AvgIpc) is 3.32. The lowest BCUT2D eigenvalue weighted by molar-refractivity contribution is -0.128. The topological polar surface area (TPSA) is 108 Å². The normalized spacial score (nSPS) is 12.1. The maximum atomic E-state index is 14.2. The Morgan fingerprint density at radius 3 is 2.38 bits per heavy atom. The lowest BCUT2D eigenvalue weighted by Crippen LogP contribution is -2.50. The number of fused-ring (bicyclic) bond motifs is 1. The van der Waals surface area contributed by atoms with Crippen LogP contribution < -0.4 is 24.4 Å². The number of anilines is 1. The fraction of sp³-hybridized carbons (Fsp3) is 0.310. The van der Waals surface area contributed by atoms with E-state index in [0.29, 0.717) is 39.5 Å². The van der Waals surface area contributed by atoms with Crippen molar-refractivity contribution in [2.75, 3.05) is 26.2 Å². The minimum absolute atomic E-state index is 0.163. The molecule has 0 radical (unpaired) electrons. The fourth-order valence-electron chi connectivity index (χ4n) is 4.40. The number of methoxy groups -OCH3 is 3. The van der Waals surface area contributed by atoms with E-state index in [4.69, 9.17) is 14.2 Å². The van der Waals surface area contributed by atoms with Crippen LogP contribution in [0.4, 0.5) is 5.69 Å². The van der Waals surface area contributed by atoms with Crippen molar-refractivity contribution < 1.29 is 23.8 Å². The minimum atomic E-state index is -1.12. The third-order valence-electron chi connectivity index (χ3n) is 6.04. The van der Waals surface area contributed by atoms with Crippen molar-refractivity contribution in [2.24, 2.45) is 0 Å². The van der Waals surface area contributed by atoms with Gasteiger partial charge in [0.2, 0.25) is 11.8 Å². The first-order valence-corrected chi connectivity index (χ1v) is 12.4. The predicted octanol–water partition coefficient (Wildman–Crippen LogP) is 4.15. The van der Waals surface area contributed by atoms with Crippen LogP contribution in [0.1, 0.15) is 32.4 Å². The number of amides is 2. The van der Waals surface area contributed by atoms with E-state index in [1.54, 1.807) is 49.6 Å². The Morgan fingerprint density at radius 2 is 1.69 bits per heavy atom. The van der Waals surface area contributed by atoms with Gasteiger partial charge >= 0.3 is 0 Å². The van der Waals surface area contributed by atoms with E-state index in [2.05, 4.69) is 15.6 Å². The summed E-state index contributed by atoms with van der Waals surface area (Å²) in [7, 11) is 4.56. The molecule has 1 aromatic heterocycles. The number of benzene rings is 3. The zero-order valence-corrected chi connectivity index (χ0v) is 23.0. The molecule has 0 fully saturated rings. The van der Waals surface area contributed by atoms with Crippen LogP contribution in [0.2, 0.25) is 0 Å². The molecule has 4 rings (SSSR count). The van der Waals surface area contributed by atoms with Crippen molar-refractivity contribution in [1.29, 1.82) is 0 Å². The first-order chi connectivity index (χ1) is 18.7. The Hall–Kier alpha value is -4.60. The standard InChI is InChI=1S/C29H33N5O5/c1-29(2,3)30-28(36)26(21-13-10-16-24(38-5)27(21)39-6)34(19-11-9-12-20(17-19)37-4)25(35)18-33-23-15-8-7-14-22(23)31-32-33/h7-17,26H,18H2,1-6H3,(H,30,36). The van der Waals surface area contributed by atoms with Crippen molar-refractivity contribution in [3.05, 3.63) is 72.3 Å². The first kappa shape index (κ1) is 27.4. The second-order valence-corrected chi connectivity index (χ2v) is 9.93. The molecule has 0 saturated carbocycles. The molecule has 10 heteroatoms. The Kier molecular flexibility index (Phi) is 8.04. The summed E-state index contributed by atoms with van der Waals surface area (Å²) in [5.74, 6) is 0.528. The largest absolute Gasteiger partial charge is 0.497 e. The van der Waals surface area contributed by atoms with Gasteiger partial charge in [0, 0.05) is 22.9 Å². The molecule has 0 aliphatic heterocycles. The maximum Gasteiger partial charge on any atom is 0.249 e. The summed E-state index contributed by atoms with van der Waals surface area (Å²) < 4.78 is 18.2. The molecule has 4 aromatic rings. The van der Waals surface area contributed by atoms with Gasteiger partial charge in [0.25, 0.3) is 0 Å². The number of carbonyl (C=O) groups excluding carboxylic acids is 2. The van der Waals surface area contributed by atoms with Crippen molar-refractivity contribution in [2.45, 2.75) is 38.9 Å². The second kappa shape index (κ2) is 11.4. The molecule has 10 nitrogen and oxygen atoms in total. The van der Waals surface area contributed by atoms with E-state index in [1.165, 1.54) is 23.8 Å². The molecule has 204 valence electrons. The Bertz CT molecular complexity index is 1480. The van der Waals surface area contributed by atoms with E-state index in [-0.39, 0.29) is 6.54 Å². The molecule has 0 bridgehead atoms. The summed E-state index contributed by atoms with van der Waals surface area (Å²) in [4.78, 5) is 29.7. The van der Waals surface area contributed by atoms with Crippen molar-refractivity contribution in [1.82, 2.24) is 20.3 Å². The van der Waals surface area contributed by atoms with Gasteiger partial charge in [0.05, 0.1) is 26.8 Å². The summed E-state index contributed by atoms with van der Waals surface area (Å²) in [6.07, 6.45) is 0. The van der Waals surface area contributed by atoms with Gasteiger partial charge in [-0.1, -0.05) is 35.5 Å². The van der Waals surface area contributed by atoms with Crippen LogP contribution in [0.3, 0.4) is 0 Å². The van der Waals surface area contributed by atoms with Gasteiger partial charge in [0.1, 0.15) is 23.9 Å². The molecule has 1 atom stereocenters. The molecule has 2 amide bonds. The third-order valence-corrected chi connectivity index (χ3v) is 6.04. The van der Waals surface area contributed by atoms with E-state index >= 15 is 0 Å². The first-order valence-electron chi connectivity index (χ1n) is 12.4. The third kappa shape index (κ3) is 5.95. The van der Waals surface area contributed by atoms with Crippen LogP contribution in [0, 0.1) is 0 Å². The van der Waals surface area contributed by atoms with Gasteiger partial charge in [0.15, 0.2) is 11.5 Å². The van der Waals surface area contributed by atoms with Crippen molar-refractivity contribution in [3.8, 4) is 17.2 Å². The van der Waals surface area contributed by atoms with Gasteiger partial charge < -0.3 is 19.5 Å². The molecule has 3 aromatic carbocycles. The molecule has 39 heavy (non-hydrogen) atoms. The monoisotopic (exact) mass is 531 g/mol. The molecular weight excluding hydrogens is 498 g/mol. The summed E-state index contributed by atoms with van der Waals surface area (Å²) >= 11 is 0. The lowest BCUT2D eigenvalue weighted by Gasteiger charge is -2.34. The summed E-state index contributed by atoms with van der Waals surface area (Å²) in [6, 6.07) is 18.5. The number of ether oxygens (including phenoxy) is 3. The fourth-order valence-corrected chi connectivity index (χ4v) is 4.40. The van der Waals surface area contributed by atoms with Gasteiger partial charge in [-0.2, -0.15) is 0 Å². The van der Waals surface area contributed by atoms with Crippen molar-refractivity contribution >= 4 is 28.5 Å². The number of aromatic nitrogens is 3. The lowest BCUT2D eigenvalue weighted by atomic mass is 9.99. The highest BCUT2D eigenvalue weighted by molar-refractivity contribution is 6.02. The van der Waals surface area contributed by atoms with E-state index in [1.807, 2.05) is 45.0 Å². The Labute approximate surface area is 227 Å². The zero-order valence-electron chi connectivity index (χ0n) is 23.0. The molecule has 1 N–H and O–H groups in total. The number of rotatable bonds is 9. The van der Waals surface area contributed by atoms with E-state index in [0.717, 1.165) is 0 Å². The molecule has 1 unspecified atom stereocenters. The van der Waals surface area contributed by atoms with Crippen LogP contribution in [0.15, 0.2) is 66.7 Å². The van der Waals surface area contributed by atoms with Gasteiger partial charge in [-0.15, -0.1) is 5.10 Å². The summed E-state index contributed by atoms with van der Waals surface area (Å²) in [5, 5.41) is 11.4. The maximum absolute atomic E-state index is 14.2. The van der Waals surface area contributed by atoms with Crippen molar-refractivity contribution in [3.63, 3.8) is 0 Å². The van der Waals surface area contributed by atoms with Crippen LogP contribution >= 0.6 is 0 Å². The molecule has 0 aliphatic carbocycles. The molecule has 0 saturated heterocycles. The predicted molar refractivity (Wildman–Crippen MR) is 148 cm³/mol. The highest BCUT2D eigenvalue weighted by Gasteiger charge is 2.37. The number of carbonyl (C=O) groups is 2. The Balaban J connectivity index is 1.91. The number of nitrogens with one attached hydrogen (secondary N) is 1. The summed E-state index contributed by atoms with van der Waals surface area (Å²) in [6.45, 7) is 5.47. The minimum Gasteiger partial charge on any atom is -0.497 e. The molecule has 0 aliphatic rings. The molecule has 0 spiro atoms. The quantitative estimate of drug-likeness (QED) is 0.346. The smallest absolute Gasteiger partial charge is 0.249 e. The SMILES string of the molecule is COc1cccc(N(C(=O)Cn2nnc3ccccc32)C(C(=O)NC(C)(C)C)c2cccc(OC)c2OC)c1. The van der Waals surface area contributed by atoms with E-state index in [9.17, 15) is 9.59 Å². The molecule has 1 heterocycles. The number of para-hydroxylation sites is 2. The highest BCUT2D eigenvalue weighted by atomic mass is 16.5. The second-order valence-electron chi connectivity index (χ2n) is 9.93. The van der Waals surface area contributed by atoms with Gasteiger partial charge in [-0.05, 0) is 51.1 Å². The van der Waals surface area contributed by atoms with E-state index < -0.39 is 23.4 Å².